The van der Waals surface area contributed by atoms with Crippen molar-refractivity contribution in [2.45, 2.75) is 31.5 Å². The summed E-state index contributed by atoms with van der Waals surface area (Å²) in [6.45, 7) is 2.64. The fourth-order valence-electron chi connectivity index (χ4n) is 2.30. The largest absolute Gasteiger partial charge is 0.423 e. The molecule has 1 aromatic carbocycles. The number of carbonyl (C=O) groups excluding carboxylic acids is 1. The summed E-state index contributed by atoms with van der Waals surface area (Å²) in [5.41, 5.74) is -2.84. The predicted molar refractivity (Wildman–Crippen MR) is 81.4 cm³/mol. The minimum absolute atomic E-state index is 0.0520. The van der Waals surface area contributed by atoms with Crippen molar-refractivity contribution in [1.29, 1.82) is 0 Å². The van der Waals surface area contributed by atoms with E-state index >= 15 is 0 Å². The average Bonchev–Trinajstić information content (AvgIpc) is 3.02. The number of benzene rings is 1. The molecule has 0 bridgehead atoms. The Kier molecular flexibility index (Phi) is 4.98. The molecule has 1 atom stereocenters. The van der Waals surface area contributed by atoms with Gasteiger partial charge >= 0.3 is 6.18 Å². The van der Waals surface area contributed by atoms with Crippen LogP contribution in [0.1, 0.15) is 41.4 Å². The summed E-state index contributed by atoms with van der Waals surface area (Å²) in [6.07, 6.45) is -3.70. The van der Waals surface area contributed by atoms with Crippen LogP contribution >= 0.6 is 0 Å². The lowest BCUT2D eigenvalue weighted by molar-refractivity contribution is -0.263. The number of rotatable bonds is 5. The van der Waals surface area contributed by atoms with E-state index in [1.807, 2.05) is 13.8 Å². The molecule has 2 rings (SSSR count). The van der Waals surface area contributed by atoms with E-state index in [0.717, 1.165) is 12.1 Å². The molecule has 130 valence electrons. The van der Waals surface area contributed by atoms with Crippen LogP contribution in [0.4, 0.5) is 13.2 Å². The Morgan fingerprint density at radius 2 is 1.92 bits per heavy atom. The molecule has 0 saturated heterocycles. The first-order chi connectivity index (χ1) is 11.2. The maximum absolute atomic E-state index is 13.4. The maximum atomic E-state index is 13.4. The van der Waals surface area contributed by atoms with Gasteiger partial charge in [0.1, 0.15) is 0 Å². The lowest BCUT2D eigenvalue weighted by atomic mass is 9.93. The van der Waals surface area contributed by atoms with Gasteiger partial charge in [-0.3, -0.25) is 9.89 Å². The van der Waals surface area contributed by atoms with Gasteiger partial charge in [0.15, 0.2) is 0 Å². The third kappa shape index (κ3) is 3.43. The second kappa shape index (κ2) is 6.64. The zero-order valence-corrected chi connectivity index (χ0v) is 13.2. The summed E-state index contributed by atoms with van der Waals surface area (Å²) in [4.78, 5) is 12.2. The van der Waals surface area contributed by atoms with Crippen LogP contribution in [0.3, 0.4) is 0 Å². The quantitative estimate of drug-likeness (QED) is 0.782. The smallest absolute Gasteiger partial charge is 0.375 e. The highest BCUT2D eigenvalue weighted by molar-refractivity contribution is 5.95. The first-order valence-corrected chi connectivity index (χ1v) is 7.33. The van der Waals surface area contributed by atoms with E-state index in [1.54, 1.807) is 6.07 Å². The van der Waals surface area contributed by atoms with E-state index in [1.165, 1.54) is 18.3 Å². The van der Waals surface area contributed by atoms with Crippen molar-refractivity contribution >= 4 is 5.91 Å². The van der Waals surface area contributed by atoms with Gasteiger partial charge < -0.3 is 10.4 Å². The molecule has 0 fully saturated rings. The number of halogens is 3. The zero-order chi connectivity index (χ0) is 18.0. The Balaban J connectivity index is 2.23. The summed E-state index contributed by atoms with van der Waals surface area (Å²) in [6, 6.07) is 6.65. The molecule has 0 aliphatic heterocycles. The van der Waals surface area contributed by atoms with Gasteiger partial charge in [-0.25, -0.2) is 0 Å². The summed E-state index contributed by atoms with van der Waals surface area (Å²) >= 11 is 0. The SMILES string of the molecule is CC(C)c1[nH]ncc1C(=O)NC[C@](O)(c1ccccc1)C(F)(F)F. The number of aliphatic hydroxyl groups is 1. The van der Waals surface area contributed by atoms with Crippen LogP contribution < -0.4 is 5.32 Å². The van der Waals surface area contributed by atoms with Crippen molar-refractivity contribution in [1.82, 2.24) is 15.5 Å². The molecule has 0 aliphatic carbocycles. The number of nitrogens with one attached hydrogen (secondary N) is 2. The van der Waals surface area contributed by atoms with Gasteiger partial charge in [0.25, 0.3) is 5.91 Å². The molecule has 1 amide bonds. The second-order valence-corrected chi connectivity index (χ2v) is 5.76. The number of aromatic nitrogens is 2. The fraction of sp³-hybridized carbons (Fsp3) is 0.375. The molecule has 5 nitrogen and oxygen atoms in total. The first kappa shape index (κ1) is 18.0. The van der Waals surface area contributed by atoms with Crippen LogP contribution in [0.15, 0.2) is 36.5 Å². The minimum Gasteiger partial charge on any atom is -0.375 e. The molecule has 8 heteroatoms. The number of hydrogen-bond acceptors (Lipinski definition) is 3. The highest BCUT2D eigenvalue weighted by Gasteiger charge is 2.55. The molecule has 0 unspecified atom stereocenters. The first-order valence-electron chi connectivity index (χ1n) is 7.33. The summed E-state index contributed by atoms with van der Waals surface area (Å²) in [7, 11) is 0. The Hall–Kier alpha value is -2.35. The highest BCUT2D eigenvalue weighted by atomic mass is 19.4. The van der Waals surface area contributed by atoms with Crippen LogP contribution in [-0.4, -0.2) is 33.9 Å². The van der Waals surface area contributed by atoms with Gasteiger partial charge in [0, 0.05) is 0 Å². The second-order valence-electron chi connectivity index (χ2n) is 5.76. The van der Waals surface area contributed by atoms with Gasteiger partial charge in [-0.1, -0.05) is 44.2 Å². The number of aromatic amines is 1. The van der Waals surface area contributed by atoms with Crippen LogP contribution in [0.25, 0.3) is 0 Å². The normalized spacial score (nSPS) is 14.5. The Labute approximate surface area is 136 Å². The topological polar surface area (TPSA) is 78.0 Å². The third-order valence-corrected chi connectivity index (χ3v) is 3.72. The molecule has 0 saturated carbocycles. The third-order valence-electron chi connectivity index (χ3n) is 3.72. The molecular formula is C16H18F3N3O2. The van der Waals surface area contributed by atoms with Gasteiger partial charge in [0.2, 0.25) is 5.60 Å². The van der Waals surface area contributed by atoms with E-state index < -0.39 is 24.2 Å². The minimum atomic E-state index is -4.95. The standard InChI is InChI=1S/C16H18F3N3O2/c1-10(2)13-12(8-21-22-13)14(23)20-9-15(24,16(17,18)19)11-6-4-3-5-7-11/h3-8,10,24H,9H2,1-2H3,(H,20,23)(H,21,22)/t15-/m0/s1. The lowest BCUT2D eigenvalue weighted by Crippen LogP contribution is -2.51. The average molecular weight is 341 g/mol. The molecule has 1 heterocycles. The van der Waals surface area contributed by atoms with E-state index in [0.29, 0.717) is 5.69 Å². The highest BCUT2D eigenvalue weighted by Crippen LogP contribution is 2.38. The molecule has 0 aliphatic rings. The maximum Gasteiger partial charge on any atom is 0.423 e. The predicted octanol–water partition coefficient (Wildman–Crippen LogP) is 2.71. The van der Waals surface area contributed by atoms with Gasteiger partial charge in [-0.05, 0) is 11.5 Å². The summed E-state index contributed by atoms with van der Waals surface area (Å²) < 4.78 is 40.1. The van der Waals surface area contributed by atoms with Crippen molar-refractivity contribution in [3.05, 3.63) is 53.3 Å². The Bertz CT molecular complexity index is 698. The number of carbonyl (C=O) groups is 1. The van der Waals surface area contributed by atoms with Gasteiger partial charge in [-0.15, -0.1) is 0 Å². The van der Waals surface area contributed by atoms with Crippen molar-refractivity contribution in [3.63, 3.8) is 0 Å². The molecular weight excluding hydrogens is 323 g/mol. The number of nitrogens with zero attached hydrogens (tertiary/aromatic N) is 1. The van der Waals surface area contributed by atoms with Crippen LogP contribution in [-0.2, 0) is 5.60 Å². The van der Waals surface area contributed by atoms with Gasteiger partial charge in [0.05, 0.1) is 24.0 Å². The molecule has 2 aromatic rings. The van der Waals surface area contributed by atoms with Crippen LogP contribution in [0, 0.1) is 0 Å². The Morgan fingerprint density at radius 3 is 2.46 bits per heavy atom. The van der Waals surface area contributed by atoms with Crippen molar-refractivity contribution in [2.75, 3.05) is 6.54 Å². The van der Waals surface area contributed by atoms with E-state index in [4.69, 9.17) is 0 Å². The summed E-state index contributed by atoms with van der Waals surface area (Å²) in [5, 5.41) is 18.7. The number of hydrogen-bond donors (Lipinski definition) is 3. The van der Waals surface area contributed by atoms with Crippen LogP contribution in [0.2, 0.25) is 0 Å². The Morgan fingerprint density at radius 1 is 1.29 bits per heavy atom. The van der Waals surface area contributed by atoms with E-state index in [2.05, 4.69) is 15.5 Å². The van der Waals surface area contributed by atoms with Crippen molar-refractivity contribution in [3.8, 4) is 0 Å². The van der Waals surface area contributed by atoms with E-state index in [9.17, 15) is 23.1 Å². The number of amides is 1. The van der Waals surface area contributed by atoms with Crippen molar-refractivity contribution in [2.24, 2.45) is 0 Å². The summed E-state index contributed by atoms with van der Waals surface area (Å²) in [5.74, 6) is -0.782. The number of alkyl halides is 3. The van der Waals surface area contributed by atoms with Gasteiger partial charge in [-0.2, -0.15) is 18.3 Å². The monoisotopic (exact) mass is 341 g/mol. The molecule has 0 radical (unpaired) electrons. The van der Waals surface area contributed by atoms with E-state index in [-0.39, 0.29) is 17.0 Å². The molecule has 1 aromatic heterocycles. The molecule has 24 heavy (non-hydrogen) atoms. The fourth-order valence-corrected chi connectivity index (χ4v) is 2.30. The number of H-pyrrole nitrogens is 1. The molecule has 0 spiro atoms. The lowest BCUT2D eigenvalue weighted by Gasteiger charge is -2.31. The molecule has 3 N–H and O–H groups in total. The zero-order valence-electron chi connectivity index (χ0n) is 13.2. The van der Waals surface area contributed by atoms with Crippen LogP contribution in [0.5, 0.6) is 0 Å². The van der Waals surface area contributed by atoms with Crippen molar-refractivity contribution < 1.29 is 23.1 Å².